The van der Waals surface area contributed by atoms with Crippen LogP contribution < -0.4 is 5.73 Å². The van der Waals surface area contributed by atoms with Crippen LogP contribution in [0.1, 0.15) is 18.4 Å². The summed E-state index contributed by atoms with van der Waals surface area (Å²) in [6, 6.07) is 10.3. The minimum atomic E-state index is -0.527. The lowest BCUT2D eigenvalue weighted by molar-refractivity contribution is -0.0455. The monoisotopic (exact) mass is 177 g/mol. The maximum atomic E-state index is 9.95. The first-order valence-electron chi connectivity index (χ1n) is 4.70. The van der Waals surface area contributed by atoms with Crippen LogP contribution in [0.3, 0.4) is 0 Å². The summed E-state index contributed by atoms with van der Waals surface area (Å²) in [6.07, 6.45) is 2.21. The molecule has 0 atom stereocenters. The normalized spacial score (nSPS) is 32.6. The van der Waals surface area contributed by atoms with E-state index in [4.69, 9.17) is 5.73 Å². The van der Waals surface area contributed by atoms with E-state index in [1.165, 1.54) is 5.56 Å². The zero-order valence-electron chi connectivity index (χ0n) is 7.61. The predicted molar refractivity (Wildman–Crippen MR) is 52.3 cm³/mol. The molecule has 3 N–H and O–H groups in total. The zero-order valence-corrected chi connectivity index (χ0v) is 7.61. The highest BCUT2D eigenvalue weighted by atomic mass is 16.3. The van der Waals surface area contributed by atoms with Crippen molar-refractivity contribution in [3.05, 3.63) is 35.9 Å². The van der Waals surface area contributed by atoms with Gasteiger partial charge in [0.15, 0.2) is 0 Å². The van der Waals surface area contributed by atoms with Crippen LogP contribution in [0.4, 0.5) is 0 Å². The van der Waals surface area contributed by atoms with E-state index < -0.39 is 5.60 Å². The van der Waals surface area contributed by atoms with Gasteiger partial charge in [-0.2, -0.15) is 0 Å². The molecule has 0 unspecified atom stereocenters. The third-order valence-electron chi connectivity index (χ3n) is 2.66. The molecular weight excluding hydrogens is 162 g/mol. The molecule has 2 nitrogen and oxygen atoms in total. The Morgan fingerprint density at radius 3 is 2.46 bits per heavy atom. The molecule has 0 aromatic heterocycles. The van der Waals surface area contributed by atoms with E-state index >= 15 is 0 Å². The standard InChI is InChI=1S/C11H15NO/c12-10-7-11(13,8-10)6-9-4-2-1-3-5-9/h1-5,10,13H,6-8,12H2. The molecule has 1 aliphatic rings. The summed E-state index contributed by atoms with van der Waals surface area (Å²) in [5.74, 6) is 0. The Kier molecular flexibility index (Phi) is 2.10. The van der Waals surface area contributed by atoms with Crippen molar-refractivity contribution in [2.75, 3.05) is 0 Å². The van der Waals surface area contributed by atoms with Gasteiger partial charge in [-0.15, -0.1) is 0 Å². The first kappa shape index (κ1) is 8.73. The van der Waals surface area contributed by atoms with Gasteiger partial charge in [0.05, 0.1) is 5.60 Å². The minimum absolute atomic E-state index is 0.203. The highest BCUT2D eigenvalue weighted by Gasteiger charge is 2.40. The van der Waals surface area contributed by atoms with E-state index in [2.05, 4.69) is 0 Å². The summed E-state index contributed by atoms with van der Waals surface area (Å²) < 4.78 is 0. The fourth-order valence-electron chi connectivity index (χ4n) is 2.04. The fraction of sp³-hybridized carbons (Fsp3) is 0.455. The Balaban J connectivity index is 1.99. The van der Waals surface area contributed by atoms with E-state index in [9.17, 15) is 5.11 Å². The number of rotatable bonds is 2. The number of hydrogen-bond acceptors (Lipinski definition) is 2. The van der Waals surface area contributed by atoms with Crippen LogP contribution in [0.25, 0.3) is 0 Å². The molecule has 0 radical (unpaired) electrons. The average molecular weight is 177 g/mol. The number of aliphatic hydroxyl groups is 1. The molecule has 1 aromatic carbocycles. The highest BCUT2D eigenvalue weighted by Crippen LogP contribution is 2.33. The molecular formula is C11H15NO. The van der Waals surface area contributed by atoms with Crippen LogP contribution >= 0.6 is 0 Å². The second-order valence-electron chi connectivity index (χ2n) is 4.06. The Hall–Kier alpha value is -0.860. The van der Waals surface area contributed by atoms with Crippen molar-refractivity contribution >= 4 is 0 Å². The summed E-state index contributed by atoms with van der Waals surface area (Å²) >= 11 is 0. The summed E-state index contributed by atoms with van der Waals surface area (Å²) in [5, 5.41) is 9.95. The maximum absolute atomic E-state index is 9.95. The quantitative estimate of drug-likeness (QED) is 0.710. The van der Waals surface area contributed by atoms with Crippen LogP contribution in [0, 0.1) is 0 Å². The van der Waals surface area contributed by atoms with Crippen molar-refractivity contribution in [2.24, 2.45) is 5.73 Å². The van der Waals surface area contributed by atoms with Gasteiger partial charge in [0.25, 0.3) is 0 Å². The maximum Gasteiger partial charge on any atom is 0.0717 e. The molecule has 0 aliphatic heterocycles. The molecule has 0 heterocycles. The van der Waals surface area contributed by atoms with Gasteiger partial charge < -0.3 is 10.8 Å². The molecule has 0 bridgehead atoms. The zero-order chi connectivity index (χ0) is 9.31. The topological polar surface area (TPSA) is 46.2 Å². The molecule has 1 aliphatic carbocycles. The van der Waals surface area contributed by atoms with Crippen molar-refractivity contribution in [1.29, 1.82) is 0 Å². The molecule has 70 valence electrons. The lowest BCUT2D eigenvalue weighted by atomic mass is 9.73. The SMILES string of the molecule is NC1CC(O)(Cc2ccccc2)C1. The molecule has 1 fully saturated rings. The number of nitrogens with two attached hydrogens (primary N) is 1. The van der Waals surface area contributed by atoms with Crippen molar-refractivity contribution in [3.63, 3.8) is 0 Å². The second kappa shape index (κ2) is 3.13. The summed E-state index contributed by atoms with van der Waals surface area (Å²) in [5.41, 5.74) is 6.31. The molecule has 2 heteroatoms. The molecule has 13 heavy (non-hydrogen) atoms. The van der Waals surface area contributed by atoms with Gasteiger partial charge in [-0.25, -0.2) is 0 Å². The number of benzene rings is 1. The Bertz CT molecular complexity index is 277. The van der Waals surface area contributed by atoms with Crippen molar-refractivity contribution in [3.8, 4) is 0 Å². The molecule has 2 rings (SSSR count). The minimum Gasteiger partial charge on any atom is -0.389 e. The summed E-state index contributed by atoms with van der Waals surface area (Å²) in [4.78, 5) is 0. The average Bonchev–Trinajstić information content (AvgIpc) is 2.03. The van der Waals surface area contributed by atoms with E-state index in [1.807, 2.05) is 30.3 Å². The van der Waals surface area contributed by atoms with Gasteiger partial charge in [0.2, 0.25) is 0 Å². The second-order valence-corrected chi connectivity index (χ2v) is 4.06. The van der Waals surface area contributed by atoms with E-state index in [1.54, 1.807) is 0 Å². The van der Waals surface area contributed by atoms with E-state index in [0.29, 0.717) is 0 Å². The van der Waals surface area contributed by atoms with Gasteiger partial charge in [-0.05, 0) is 18.4 Å². The van der Waals surface area contributed by atoms with Gasteiger partial charge >= 0.3 is 0 Å². The van der Waals surface area contributed by atoms with E-state index in [0.717, 1.165) is 19.3 Å². The Morgan fingerprint density at radius 1 is 1.31 bits per heavy atom. The Labute approximate surface area is 78.4 Å². The third-order valence-corrected chi connectivity index (χ3v) is 2.66. The van der Waals surface area contributed by atoms with Crippen LogP contribution in [0.15, 0.2) is 30.3 Å². The first-order chi connectivity index (χ1) is 6.18. The van der Waals surface area contributed by atoms with Gasteiger partial charge in [0, 0.05) is 12.5 Å². The Morgan fingerprint density at radius 2 is 1.92 bits per heavy atom. The molecule has 0 saturated heterocycles. The highest BCUT2D eigenvalue weighted by molar-refractivity contribution is 5.18. The van der Waals surface area contributed by atoms with Crippen LogP contribution in [-0.4, -0.2) is 16.7 Å². The summed E-state index contributed by atoms with van der Waals surface area (Å²) in [6.45, 7) is 0. The number of hydrogen-bond donors (Lipinski definition) is 2. The van der Waals surface area contributed by atoms with Crippen molar-refractivity contribution in [1.82, 2.24) is 0 Å². The molecule has 0 amide bonds. The lowest BCUT2D eigenvalue weighted by Crippen LogP contribution is -2.52. The largest absolute Gasteiger partial charge is 0.389 e. The molecule has 1 saturated carbocycles. The van der Waals surface area contributed by atoms with Crippen molar-refractivity contribution in [2.45, 2.75) is 30.9 Å². The van der Waals surface area contributed by atoms with Crippen LogP contribution in [-0.2, 0) is 6.42 Å². The van der Waals surface area contributed by atoms with Gasteiger partial charge in [-0.3, -0.25) is 0 Å². The fourth-order valence-corrected chi connectivity index (χ4v) is 2.04. The first-order valence-corrected chi connectivity index (χ1v) is 4.70. The van der Waals surface area contributed by atoms with Crippen molar-refractivity contribution < 1.29 is 5.11 Å². The third kappa shape index (κ3) is 1.90. The van der Waals surface area contributed by atoms with Crippen LogP contribution in [0.5, 0.6) is 0 Å². The predicted octanol–water partition coefficient (Wildman–Crippen LogP) is 1.08. The van der Waals surface area contributed by atoms with Gasteiger partial charge in [-0.1, -0.05) is 30.3 Å². The van der Waals surface area contributed by atoms with E-state index in [-0.39, 0.29) is 6.04 Å². The van der Waals surface area contributed by atoms with Crippen LogP contribution in [0.2, 0.25) is 0 Å². The lowest BCUT2D eigenvalue weighted by Gasteiger charge is -2.41. The molecule has 0 spiro atoms. The van der Waals surface area contributed by atoms with Gasteiger partial charge in [0.1, 0.15) is 0 Å². The molecule has 1 aromatic rings. The smallest absolute Gasteiger partial charge is 0.0717 e. The summed E-state index contributed by atoms with van der Waals surface area (Å²) in [7, 11) is 0.